The van der Waals surface area contributed by atoms with Gasteiger partial charge in [0.25, 0.3) is 0 Å². The van der Waals surface area contributed by atoms with E-state index in [1.165, 1.54) is 12.0 Å². The molecule has 0 aromatic rings. The molecule has 3 aliphatic rings. The summed E-state index contributed by atoms with van der Waals surface area (Å²) in [5.41, 5.74) is 1.40. The zero-order valence-corrected chi connectivity index (χ0v) is 17.4. The summed E-state index contributed by atoms with van der Waals surface area (Å²) in [5, 5.41) is 0. The molecule has 2 heteroatoms. The van der Waals surface area contributed by atoms with Crippen molar-refractivity contribution in [1.82, 2.24) is 0 Å². The standard InChI is InChI=1S/C24H36O2/c1-15(2)16(3)24(6)18(12-14-25)7-8-19-21-10-9-20(17(4)26)23(21,5)13-11-22(19)24/h7-8,12,14-16,19-22H,9-11,13H2,1-6H3/b18-12-/t16?,19-,20+,21-,22+,23+,24+/m0/s1. The van der Waals surface area contributed by atoms with Gasteiger partial charge in [-0.05, 0) is 84.7 Å². The molecule has 0 aromatic carbocycles. The first-order valence-corrected chi connectivity index (χ1v) is 10.5. The van der Waals surface area contributed by atoms with Gasteiger partial charge < -0.3 is 0 Å². The molecule has 3 aliphatic carbocycles. The molecule has 3 rings (SSSR count). The number of Topliss-reactive ketones (excluding diaryl/α,β-unsaturated/α-hetero) is 1. The highest BCUT2D eigenvalue weighted by molar-refractivity contribution is 5.79. The molecule has 0 saturated heterocycles. The molecule has 0 amide bonds. The van der Waals surface area contributed by atoms with Crippen LogP contribution in [0.5, 0.6) is 0 Å². The van der Waals surface area contributed by atoms with Gasteiger partial charge in [0.1, 0.15) is 12.1 Å². The van der Waals surface area contributed by atoms with Gasteiger partial charge in [0.15, 0.2) is 0 Å². The lowest BCUT2D eigenvalue weighted by Crippen LogP contribution is -2.51. The highest BCUT2D eigenvalue weighted by Gasteiger charge is 2.59. The molecule has 2 nitrogen and oxygen atoms in total. The van der Waals surface area contributed by atoms with Crippen molar-refractivity contribution < 1.29 is 9.59 Å². The summed E-state index contributed by atoms with van der Waals surface area (Å²) in [4.78, 5) is 23.6. The molecule has 2 saturated carbocycles. The highest BCUT2D eigenvalue weighted by atomic mass is 16.1. The average Bonchev–Trinajstić information content (AvgIpc) is 2.94. The SMILES string of the molecule is CC(=O)[C@H]1CC[C@H]2[C@@H]3C=C/C(=C/C=O)[C@@](C)(C(C)C(C)C)[C@@H]3CC[C@]12C. The van der Waals surface area contributed by atoms with Gasteiger partial charge >= 0.3 is 0 Å². The summed E-state index contributed by atoms with van der Waals surface area (Å²) in [6.45, 7) is 13.5. The van der Waals surface area contributed by atoms with Crippen molar-refractivity contribution in [2.45, 2.75) is 67.2 Å². The quantitative estimate of drug-likeness (QED) is 0.483. The minimum absolute atomic E-state index is 0.0319. The molecule has 0 bridgehead atoms. The summed E-state index contributed by atoms with van der Waals surface area (Å²) in [5.74, 6) is 3.41. The number of carbonyl (C=O) groups excluding carboxylic acids is 2. The average molecular weight is 357 g/mol. The van der Waals surface area contributed by atoms with Crippen molar-refractivity contribution in [3.05, 3.63) is 23.8 Å². The van der Waals surface area contributed by atoms with E-state index in [0.29, 0.717) is 35.4 Å². The van der Waals surface area contributed by atoms with Gasteiger partial charge in [0.2, 0.25) is 0 Å². The fourth-order valence-electron chi connectivity index (χ4n) is 7.04. The zero-order chi connectivity index (χ0) is 19.3. The highest BCUT2D eigenvalue weighted by Crippen LogP contribution is 2.65. The second kappa shape index (κ2) is 6.77. The minimum Gasteiger partial charge on any atom is -0.300 e. The number of rotatable bonds is 4. The predicted octanol–water partition coefficient (Wildman–Crippen LogP) is 5.63. The largest absolute Gasteiger partial charge is 0.300 e. The number of hydrogen-bond donors (Lipinski definition) is 0. The molecule has 1 unspecified atom stereocenters. The molecule has 26 heavy (non-hydrogen) atoms. The van der Waals surface area contributed by atoms with Gasteiger partial charge in [-0.1, -0.05) is 46.8 Å². The summed E-state index contributed by atoms with van der Waals surface area (Å²) in [6.07, 6.45) is 11.9. The Morgan fingerprint density at radius 1 is 1.15 bits per heavy atom. The predicted molar refractivity (Wildman–Crippen MR) is 107 cm³/mol. The number of carbonyl (C=O) groups is 2. The molecule has 0 N–H and O–H groups in total. The van der Waals surface area contributed by atoms with Gasteiger partial charge in [-0.25, -0.2) is 0 Å². The van der Waals surface area contributed by atoms with Crippen LogP contribution in [-0.4, -0.2) is 12.1 Å². The number of ketones is 1. The smallest absolute Gasteiger partial charge is 0.143 e. The Bertz CT molecular complexity index is 643. The number of allylic oxidation sites excluding steroid dienone is 4. The Morgan fingerprint density at radius 2 is 1.85 bits per heavy atom. The summed E-state index contributed by atoms with van der Waals surface area (Å²) in [6, 6.07) is 0. The van der Waals surface area contributed by atoms with Gasteiger partial charge in [0.05, 0.1) is 0 Å². The van der Waals surface area contributed by atoms with Gasteiger partial charge in [-0.15, -0.1) is 0 Å². The van der Waals surface area contributed by atoms with Crippen LogP contribution in [0.4, 0.5) is 0 Å². The van der Waals surface area contributed by atoms with Gasteiger partial charge in [-0.3, -0.25) is 9.59 Å². The first kappa shape index (κ1) is 19.6. The molecule has 0 radical (unpaired) electrons. The van der Waals surface area contributed by atoms with E-state index in [9.17, 15) is 9.59 Å². The van der Waals surface area contributed by atoms with Crippen LogP contribution in [0.15, 0.2) is 23.8 Å². The van der Waals surface area contributed by atoms with Crippen molar-refractivity contribution in [3.8, 4) is 0 Å². The first-order valence-electron chi connectivity index (χ1n) is 10.5. The molecule has 0 spiro atoms. The second-order valence-corrected chi connectivity index (χ2v) is 10.0. The Morgan fingerprint density at radius 3 is 2.42 bits per heavy atom. The van der Waals surface area contributed by atoms with E-state index in [0.717, 1.165) is 25.5 Å². The summed E-state index contributed by atoms with van der Waals surface area (Å²) in [7, 11) is 0. The van der Waals surface area contributed by atoms with Crippen molar-refractivity contribution in [2.24, 2.45) is 46.3 Å². The maximum atomic E-state index is 12.3. The number of aldehydes is 1. The Hall–Kier alpha value is -1.18. The summed E-state index contributed by atoms with van der Waals surface area (Å²) < 4.78 is 0. The van der Waals surface area contributed by atoms with Crippen LogP contribution < -0.4 is 0 Å². The van der Waals surface area contributed by atoms with Gasteiger partial charge in [-0.2, -0.15) is 0 Å². The lowest BCUT2D eigenvalue weighted by Gasteiger charge is -2.57. The van der Waals surface area contributed by atoms with Crippen molar-refractivity contribution >= 4 is 12.1 Å². The van der Waals surface area contributed by atoms with Crippen LogP contribution in [0.25, 0.3) is 0 Å². The maximum Gasteiger partial charge on any atom is 0.143 e. The fraction of sp³-hybridized carbons (Fsp3) is 0.750. The molecule has 0 aliphatic heterocycles. The fourth-order valence-corrected chi connectivity index (χ4v) is 7.04. The summed E-state index contributed by atoms with van der Waals surface area (Å²) >= 11 is 0. The van der Waals surface area contributed by atoms with Crippen molar-refractivity contribution in [1.29, 1.82) is 0 Å². The van der Waals surface area contributed by atoms with E-state index >= 15 is 0 Å². The van der Waals surface area contributed by atoms with Crippen molar-refractivity contribution in [2.75, 3.05) is 0 Å². The lowest BCUT2D eigenvalue weighted by atomic mass is 9.47. The molecular formula is C24H36O2. The Balaban J connectivity index is 2.04. The Labute approximate surface area is 159 Å². The third-order valence-electron chi connectivity index (χ3n) is 8.91. The van der Waals surface area contributed by atoms with Gasteiger partial charge in [0, 0.05) is 5.92 Å². The van der Waals surface area contributed by atoms with Crippen LogP contribution in [0.3, 0.4) is 0 Å². The molecular weight excluding hydrogens is 320 g/mol. The second-order valence-electron chi connectivity index (χ2n) is 10.0. The minimum atomic E-state index is 0.0319. The molecule has 0 aromatic heterocycles. The lowest BCUT2D eigenvalue weighted by molar-refractivity contribution is -0.126. The zero-order valence-electron chi connectivity index (χ0n) is 17.4. The molecule has 144 valence electrons. The molecule has 0 heterocycles. The third-order valence-corrected chi connectivity index (χ3v) is 8.91. The van der Waals surface area contributed by atoms with Crippen LogP contribution in [0.1, 0.15) is 67.2 Å². The third kappa shape index (κ3) is 2.67. The topological polar surface area (TPSA) is 34.1 Å². The number of hydrogen-bond acceptors (Lipinski definition) is 2. The first-order chi connectivity index (χ1) is 12.2. The van der Waals surface area contributed by atoms with E-state index in [-0.39, 0.29) is 16.7 Å². The van der Waals surface area contributed by atoms with E-state index < -0.39 is 0 Å². The maximum absolute atomic E-state index is 12.3. The van der Waals surface area contributed by atoms with E-state index in [4.69, 9.17) is 0 Å². The van der Waals surface area contributed by atoms with Crippen LogP contribution in [0.2, 0.25) is 0 Å². The van der Waals surface area contributed by atoms with E-state index in [2.05, 4.69) is 46.8 Å². The van der Waals surface area contributed by atoms with E-state index in [1.54, 1.807) is 13.0 Å². The monoisotopic (exact) mass is 356 g/mol. The normalized spacial score (nSPS) is 44.7. The van der Waals surface area contributed by atoms with Crippen LogP contribution >= 0.6 is 0 Å². The van der Waals surface area contributed by atoms with Crippen LogP contribution in [-0.2, 0) is 9.59 Å². The molecule has 7 atom stereocenters. The van der Waals surface area contributed by atoms with E-state index in [1.807, 2.05) is 0 Å². The molecule has 2 fully saturated rings. The number of fused-ring (bicyclic) bond motifs is 3. The van der Waals surface area contributed by atoms with Crippen LogP contribution in [0, 0.1) is 46.3 Å². The Kier molecular flexibility index (Phi) is 5.09. The van der Waals surface area contributed by atoms with Crippen molar-refractivity contribution in [3.63, 3.8) is 0 Å².